The van der Waals surface area contributed by atoms with Crippen LogP contribution in [0.1, 0.15) is 70.5 Å². The minimum Gasteiger partial charge on any atom is -0.496 e. The highest BCUT2D eigenvalue weighted by atomic mass is 79.9. The van der Waals surface area contributed by atoms with Crippen LogP contribution >= 0.6 is 39.1 Å². The third-order valence-electron chi connectivity index (χ3n) is 10.8. The first-order valence-corrected chi connectivity index (χ1v) is 24.1. The highest BCUT2D eigenvalue weighted by molar-refractivity contribution is 9.10. The highest BCUT2D eigenvalue weighted by Crippen LogP contribution is 2.44. The summed E-state index contributed by atoms with van der Waals surface area (Å²) in [6.45, 7) is 13.4. The summed E-state index contributed by atoms with van der Waals surface area (Å²) in [6.07, 6.45) is 0. The lowest BCUT2D eigenvalue weighted by Gasteiger charge is -2.14. The summed E-state index contributed by atoms with van der Waals surface area (Å²) in [5, 5.41) is 9.88. The summed E-state index contributed by atoms with van der Waals surface area (Å²) >= 11 is 15.0. The zero-order chi connectivity index (χ0) is 57.7. The fourth-order valence-corrected chi connectivity index (χ4v) is 7.59. The van der Waals surface area contributed by atoms with Crippen molar-refractivity contribution in [1.82, 2.24) is 0 Å². The molecule has 0 saturated carbocycles. The van der Waals surface area contributed by atoms with Crippen LogP contribution in [-0.2, 0) is 0 Å². The molecule has 0 saturated heterocycles. The smallest absolute Gasteiger partial charge is 0.207 e. The molecule has 19 heteroatoms. The van der Waals surface area contributed by atoms with Crippen LogP contribution in [0.3, 0.4) is 0 Å². The molecule has 0 amide bonds. The van der Waals surface area contributed by atoms with Gasteiger partial charge in [0.15, 0.2) is 11.5 Å². The lowest BCUT2D eigenvalue weighted by Crippen LogP contribution is -1.97. The minimum atomic E-state index is 0. The van der Waals surface area contributed by atoms with E-state index >= 15 is 0 Å². The van der Waals surface area contributed by atoms with E-state index in [4.69, 9.17) is 94.8 Å². The molecule has 0 aliphatic heterocycles. The average molecular weight is 1240 g/mol. The second-order valence-corrected chi connectivity index (χ2v) is 16.8. The van der Waals surface area contributed by atoms with E-state index in [2.05, 4.69) is 27.6 Å². The molecule has 0 N–H and O–H groups in total. The quantitative estimate of drug-likeness (QED) is 0.0891. The van der Waals surface area contributed by atoms with Crippen LogP contribution in [0.15, 0.2) is 82.3 Å². The van der Waals surface area contributed by atoms with Crippen molar-refractivity contribution < 1.29 is 66.3 Å². The Morgan fingerprint density at radius 1 is 0.370 bits per heavy atom. The molecule has 0 unspecified atom stereocenters. The zero-order valence-electron chi connectivity index (χ0n) is 46.9. The molecule has 0 aliphatic carbocycles. The van der Waals surface area contributed by atoms with Crippen LogP contribution in [-0.4, -0.2) is 106 Å². The van der Waals surface area contributed by atoms with Gasteiger partial charge in [0.1, 0.15) is 74.8 Å². The lowest BCUT2D eigenvalue weighted by atomic mass is 10.1. The van der Waals surface area contributed by atoms with E-state index in [9.17, 15) is 0 Å². The molecule has 0 heterocycles. The maximum Gasteiger partial charge on any atom is 0.207 e. The monoisotopic (exact) mass is 1240 g/mol. The molecule has 6 aromatic carbocycles. The maximum atomic E-state index is 8.91. The topological polar surface area (TPSA) is 165 Å². The van der Waals surface area contributed by atoms with Gasteiger partial charge in [-0.25, -0.2) is 0 Å². The number of rotatable bonds is 15. The highest BCUT2D eigenvalue weighted by Gasteiger charge is 2.16. The molecular weight excluding hydrogens is 1150 g/mol. The van der Waals surface area contributed by atoms with Crippen molar-refractivity contribution in [2.24, 2.45) is 4.99 Å². The maximum absolute atomic E-state index is 8.91. The van der Waals surface area contributed by atoms with Crippen molar-refractivity contribution in [2.45, 2.75) is 71.8 Å². The number of methoxy groups -OCH3 is 14. The molecule has 0 fully saturated rings. The van der Waals surface area contributed by atoms with E-state index in [0.29, 0.717) is 67.3 Å². The number of nitrogens with zero attached hydrogens (tertiary/aromatic N) is 2. The molecule has 0 atom stereocenters. The van der Waals surface area contributed by atoms with E-state index in [-0.39, 0.29) is 37.1 Å². The summed E-state index contributed by atoms with van der Waals surface area (Å²) in [7, 11) is 22.3. The minimum absolute atomic E-state index is 0. The third kappa shape index (κ3) is 23.8. The number of ether oxygens (including phenoxy) is 14. The Kier molecular flexibility index (Phi) is 44.4. The van der Waals surface area contributed by atoms with E-state index < -0.39 is 0 Å². The number of hydrogen-bond acceptors (Lipinski definition) is 16. The first kappa shape index (κ1) is 82.6. The van der Waals surface area contributed by atoms with Crippen LogP contribution < -0.4 is 66.3 Å². The van der Waals surface area contributed by atoms with Gasteiger partial charge in [0.25, 0.3) is 0 Å². The molecule has 454 valence electrons. The van der Waals surface area contributed by atoms with Gasteiger partial charge in [-0.3, -0.25) is 4.99 Å². The van der Waals surface area contributed by atoms with Gasteiger partial charge in [-0.1, -0.05) is 60.3 Å². The van der Waals surface area contributed by atoms with E-state index in [1.54, 1.807) is 107 Å². The van der Waals surface area contributed by atoms with Gasteiger partial charge in [-0.05, 0) is 146 Å². The van der Waals surface area contributed by atoms with Gasteiger partial charge in [-0.2, -0.15) is 5.26 Å². The number of aryl methyl sites for hydroxylation is 3. The first-order valence-electron chi connectivity index (χ1n) is 22.6. The molecule has 16 nitrogen and oxygen atoms in total. The van der Waals surface area contributed by atoms with E-state index in [1.165, 1.54) is 28.4 Å². The van der Waals surface area contributed by atoms with Gasteiger partial charge in [0, 0.05) is 12.1 Å². The Labute approximate surface area is 504 Å². The first-order chi connectivity index (χ1) is 36.3. The average Bonchev–Trinajstić information content (AvgIpc) is 3.44. The van der Waals surface area contributed by atoms with Crippen LogP contribution in [0.4, 0.5) is 5.69 Å². The Bertz CT molecular complexity index is 2530. The molecule has 6 rings (SSSR count). The summed E-state index contributed by atoms with van der Waals surface area (Å²) in [4.78, 5) is 3.74. The largest absolute Gasteiger partial charge is 0.496 e. The van der Waals surface area contributed by atoms with Crippen molar-refractivity contribution in [3.63, 3.8) is 0 Å². The Balaban J connectivity index is -0.000000282. The number of aliphatic imine (C=N–C) groups is 1. The third-order valence-corrected chi connectivity index (χ3v) is 12.0. The lowest BCUT2D eigenvalue weighted by molar-refractivity contribution is 0.305. The molecule has 81 heavy (non-hydrogen) atoms. The van der Waals surface area contributed by atoms with Crippen molar-refractivity contribution in [1.29, 1.82) is 5.26 Å². The van der Waals surface area contributed by atoms with Crippen LogP contribution in [0, 0.1) is 45.9 Å². The zero-order valence-corrected chi connectivity index (χ0v) is 50.0. The van der Waals surface area contributed by atoms with Crippen LogP contribution in [0.2, 0.25) is 10.0 Å². The Hall–Kier alpha value is -7.26. The second-order valence-electron chi connectivity index (χ2n) is 15.1. The molecule has 0 spiro atoms. The normalized spacial score (nSPS) is 8.90. The van der Waals surface area contributed by atoms with Gasteiger partial charge < -0.3 is 66.3 Å². The van der Waals surface area contributed by atoms with Gasteiger partial charge in [-0.15, -0.1) is 0 Å². The van der Waals surface area contributed by atoms with E-state index in [1.807, 2.05) is 77.1 Å². The number of hydrogen-bond donors (Lipinski definition) is 0. The summed E-state index contributed by atoms with van der Waals surface area (Å²) in [6, 6.07) is 23.7. The summed E-state index contributed by atoms with van der Waals surface area (Å²) < 4.78 is 72.4. The number of halogens is 3. The number of benzene rings is 6. The van der Waals surface area contributed by atoms with Crippen LogP contribution in [0.25, 0.3) is 0 Å². The van der Waals surface area contributed by atoms with Crippen molar-refractivity contribution in [3.8, 4) is 86.6 Å². The second kappa shape index (κ2) is 43.5. The molecule has 6 aromatic rings. The number of nitriles is 1. The molecule has 0 bridgehead atoms. The fourth-order valence-electron chi connectivity index (χ4n) is 6.64. The Morgan fingerprint density at radius 3 is 0.926 bits per heavy atom. The van der Waals surface area contributed by atoms with Gasteiger partial charge in [0.05, 0.1) is 114 Å². The summed E-state index contributed by atoms with van der Waals surface area (Å²) in [5.74, 6) is 9.70. The molecular formula is C62H91BrCl2N2O14. The standard InChI is InChI=1S/C10H10N2O2.C10H14O4.2C10H14O2.C9H11BrO2.C8H8Cl2O2.5CH4/c1-12-10-7(6-11)8(13-2)4-5-9(10)14-3;1-11-7-5-6-8(12-2)10(14-4)9(7)13-3;1-7-5-10(12-4)8(2)6-9(7)11-3;1-7-8(2)10(12-4)6-5-9(7)11-3;1-6-4-9(12-3)7(10)5-8(6)11-2;1-11-7-3-6(10)8(12-2)4-5(7)9;;;;;/h4-5H,1H2,2-3H3;5-6H,1-4H3;2*5-6H,1-4H3;4-5H,1-3H3;3-4H,1-2H3;5*1H4. The van der Waals surface area contributed by atoms with Crippen molar-refractivity contribution >= 4 is 51.5 Å². The molecule has 0 aliphatic rings. The van der Waals surface area contributed by atoms with Gasteiger partial charge >= 0.3 is 0 Å². The SMILES string of the molecule is C.C.C.C.C.C=Nc1c(OC)ccc(OC)c1C#N.COc1cc(Br)c(OC)cc1C.COc1cc(C)c(OC)cc1C.COc1cc(Cl)c(OC)cc1Cl.COc1ccc(OC)c(C)c1C.COc1ccc(OC)c(OC)c1OC. The van der Waals surface area contributed by atoms with E-state index in [0.717, 1.165) is 66.8 Å². The Morgan fingerprint density at radius 2 is 0.642 bits per heavy atom. The fraction of sp³-hybridized carbons (Fsp3) is 0.387. The van der Waals surface area contributed by atoms with Crippen molar-refractivity contribution in [3.05, 3.63) is 121 Å². The molecule has 0 aromatic heterocycles. The predicted molar refractivity (Wildman–Crippen MR) is 339 cm³/mol. The molecule has 0 radical (unpaired) electrons. The predicted octanol–water partition coefficient (Wildman–Crippen LogP) is 17.2. The van der Waals surface area contributed by atoms with Gasteiger partial charge in [0.2, 0.25) is 11.5 Å². The van der Waals surface area contributed by atoms with Crippen LogP contribution in [0.5, 0.6) is 80.5 Å². The summed E-state index contributed by atoms with van der Waals surface area (Å²) in [5.41, 5.74) is 6.28. The van der Waals surface area contributed by atoms with Crippen molar-refractivity contribution in [2.75, 3.05) is 99.5 Å².